The van der Waals surface area contributed by atoms with Crippen LogP contribution < -0.4 is 10.6 Å². The highest BCUT2D eigenvalue weighted by molar-refractivity contribution is 14.1. The number of halogens is 1. The van der Waals surface area contributed by atoms with Crippen LogP contribution >= 0.6 is 22.6 Å². The van der Waals surface area contributed by atoms with Crippen LogP contribution in [-0.4, -0.2) is 11.9 Å². The second-order valence-corrected chi connectivity index (χ2v) is 4.51. The van der Waals surface area contributed by atoms with Crippen molar-refractivity contribution in [3.63, 3.8) is 0 Å². The predicted octanol–water partition coefficient (Wildman–Crippen LogP) is 1.40. The summed E-state index contributed by atoms with van der Waals surface area (Å²) in [7, 11) is 0. The number of carbonyl (C=O) groups is 1. The molecule has 0 aromatic heterocycles. The number of amides is 1. The van der Waals surface area contributed by atoms with Crippen molar-refractivity contribution in [2.24, 2.45) is 0 Å². The van der Waals surface area contributed by atoms with Gasteiger partial charge in [-0.05, 0) is 35.6 Å². The van der Waals surface area contributed by atoms with E-state index in [4.69, 9.17) is 0 Å². The first-order valence-corrected chi connectivity index (χ1v) is 5.57. The SMILES string of the molecule is CC1NC(c2ccccc2I)NC1=O. The normalized spacial score (nSPS) is 26.3. The molecule has 4 heteroatoms. The van der Waals surface area contributed by atoms with Gasteiger partial charge in [-0.3, -0.25) is 10.1 Å². The second-order valence-electron chi connectivity index (χ2n) is 3.35. The molecule has 0 aliphatic carbocycles. The molecule has 2 unspecified atom stereocenters. The minimum Gasteiger partial charge on any atom is -0.335 e. The van der Waals surface area contributed by atoms with Gasteiger partial charge in [-0.2, -0.15) is 0 Å². The van der Waals surface area contributed by atoms with Gasteiger partial charge in [0.1, 0.15) is 6.17 Å². The molecule has 0 bridgehead atoms. The fourth-order valence-corrected chi connectivity index (χ4v) is 2.21. The molecule has 1 heterocycles. The smallest absolute Gasteiger partial charge is 0.238 e. The van der Waals surface area contributed by atoms with E-state index in [1.54, 1.807) is 0 Å². The Balaban J connectivity index is 2.25. The molecule has 74 valence electrons. The van der Waals surface area contributed by atoms with E-state index >= 15 is 0 Å². The third-order valence-corrected chi connectivity index (χ3v) is 3.30. The Morgan fingerprint density at radius 3 is 2.64 bits per heavy atom. The third-order valence-electron chi connectivity index (χ3n) is 2.31. The van der Waals surface area contributed by atoms with Gasteiger partial charge in [-0.25, -0.2) is 0 Å². The molecule has 3 nitrogen and oxygen atoms in total. The van der Waals surface area contributed by atoms with E-state index in [0.717, 1.165) is 9.13 Å². The topological polar surface area (TPSA) is 41.1 Å². The first kappa shape index (κ1) is 9.92. The summed E-state index contributed by atoms with van der Waals surface area (Å²) in [6, 6.07) is 7.93. The van der Waals surface area contributed by atoms with Crippen molar-refractivity contribution in [1.29, 1.82) is 0 Å². The summed E-state index contributed by atoms with van der Waals surface area (Å²) >= 11 is 2.27. The lowest BCUT2D eigenvalue weighted by Crippen LogP contribution is -2.24. The molecule has 1 aromatic carbocycles. The van der Waals surface area contributed by atoms with Crippen LogP contribution in [0.1, 0.15) is 18.7 Å². The predicted molar refractivity (Wildman–Crippen MR) is 62.6 cm³/mol. The number of nitrogens with one attached hydrogen (secondary N) is 2. The van der Waals surface area contributed by atoms with Gasteiger partial charge < -0.3 is 5.32 Å². The summed E-state index contributed by atoms with van der Waals surface area (Å²) in [5.74, 6) is 0.0645. The van der Waals surface area contributed by atoms with Gasteiger partial charge in [0, 0.05) is 9.13 Å². The molecule has 1 saturated heterocycles. The van der Waals surface area contributed by atoms with Crippen LogP contribution in [0.3, 0.4) is 0 Å². The highest BCUT2D eigenvalue weighted by Gasteiger charge is 2.28. The van der Waals surface area contributed by atoms with E-state index in [0.29, 0.717) is 0 Å². The van der Waals surface area contributed by atoms with Gasteiger partial charge in [-0.1, -0.05) is 18.2 Å². The average Bonchev–Trinajstić information content (AvgIpc) is 2.48. The molecule has 2 rings (SSSR count). The van der Waals surface area contributed by atoms with E-state index in [2.05, 4.69) is 33.2 Å². The Kier molecular flexibility index (Phi) is 2.73. The van der Waals surface area contributed by atoms with Crippen molar-refractivity contribution in [3.8, 4) is 0 Å². The van der Waals surface area contributed by atoms with Crippen LogP contribution in [0.2, 0.25) is 0 Å². The van der Waals surface area contributed by atoms with Crippen LogP contribution in [-0.2, 0) is 4.79 Å². The zero-order chi connectivity index (χ0) is 10.1. The van der Waals surface area contributed by atoms with Gasteiger partial charge in [-0.15, -0.1) is 0 Å². The number of hydrogen-bond donors (Lipinski definition) is 2. The maximum Gasteiger partial charge on any atom is 0.238 e. The average molecular weight is 302 g/mol. The number of carbonyl (C=O) groups excluding carboxylic acids is 1. The molecule has 1 aliphatic rings. The lowest BCUT2D eigenvalue weighted by atomic mass is 10.2. The summed E-state index contributed by atoms with van der Waals surface area (Å²) in [6.07, 6.45) is -0.0365. The van der Waals surface area contributed by atoms with Gasteiger partial charge in [0.05, 0.1) is 6.04 Å². The first-order valence-electron chi connectivity index (χ1n) is 4.49. The molecular weight excluding hydrogens is 291 g/mol. The molecule has 14 heavy (non-hydrogen) atoms. The lowest BCUT2D eigenvalue weighted by Gasteiger charge is -2.12. The van der Waals surface area contributed by atoms with E-state index < -0.39 is 0 Å². The molecule has 0 saturated carbocycles. The van der Waals surface area contributed by atoms with Gasteiger partial charge in [0.15, 0.2) is 0 Å². The van der Waals surface area contributed by atoms with Crippen LogP contribution in [0.15, 0.2) is 24.3 Å². The van der Waals surface area contributed by atoms with Crippen molar-refractivity contribution in [2.75, 3.05) is 0 Å². The van der Waals surface area contributed by atoms with E-state index in [1.807, 2.05) is 31.2 Å². The molecule has 1 fully saturated rings. The van der Waals surface area contributed by atoms with Crippen molar-refractivity contribution < 1.29 is 4.79 Å². The molecule has 2 atom stereocenters. The quantitative estimate of drug-likeness (QED) is 0.770. The fraction of sp³-hybridized carbons (Fsp3) is 0.300. The highest BCUT2D eigenvalue weighted by Crippen LogP contribution is 2.20. The number of rotatable bonds is 1. The molecule has 2 N–H and O–H groups in total. The third kappa shape index (κ3) is 1.76. The summed E-state index contributed by atoms with van der Waals surface area (Å²) in [4.78, 5) is 11.3. The first-order chi connectivity index (χ1) is 6.68. The van der Waals surface area contributed by atoms with E-state index in [-0.39, 0.29) is 18.1 Å². The maximum absolute atomic E-state index is 11.3. The Hall–Kier alpha value is -0.620. The summed E-state index contributed by atoms with van der Waals surface area (Å²) in [5, 5.41) is 6.10. The largest absolute Gasteiger partial charge is 0.335 e. The fourth-order valence-electron chi connectivity index (χ4n) is 1.51. The standard InChI is InChI=1S/C10H11IN2O/c1-6-10(14)13-9(12-6)7-4-2-3-5-8(7)11/h2-6,9,12H,1H3,(H,13,14). The van der Waals surface area contributed by atoms with Crippen LogP contribution in [0, 0.1) is 3.57 Å². The Morgan fingerprint density at radius 2 is 2.07 bits per heavy atom. The van der Waals surface area contributed by atoms with E-state index in [9.17, 15) is 4.79 Å². The lowest BCUT2D eigenvalue weighted by molar-refractivity contribution is -0.120. The van der Waals surface area contributed by atoms with Crippen molar-refractivity contribution in [3.05, 3.63) is 33.4 Å². The molecule has 0 radical (unpaired) electrons. The van der Waals surface area contributed by atoms with Crippen molar-refractivity contribution in [2.45, 2.75) is 19.1 Å². The molecule has 0 spiro atoms. The van der Waals surface area contributed by atoms with Crippen LogP contribution in [0.4, 0.5) is 0 Å². The van der Waals surface area contributed by atoms with Gasteiger partial charge in [0.2, 0.25) is 5.91 Å². The molecule has 1 amide bonds. The van der Waals surface area contributed by atoms with Crippen LogP contribution in [0.25, 0.3) is 0 Å². The summed E-state index contributed by atoms with van der Waals surface area (Å²) in [5.41, 5.74) is 1.13. The minimum atomic E-state index is -0.101. The van der Waals surface area contributed by atoms with Gasteiger partial charge in [0.25, 0.3) is 0 Å². The summed E-state index contributed by atoms with van der Waals surface area (Å²) in [6.45, 7) is 1.87. The zero-order valence-electron chi connectivity index (χ0n) is 7.75. The zero-order valence-corrected chi connectivity index (χ0v) is 9.91. The molecule has 1 aliphatic heterocycles. The summed E-state index contributed by atoms with van der Waals surface area (Å²) < 4.78 is 1.16. The Morgan fingerprint density at radius 1 is 1.36 bits per heavy atom. The monoisotopic (exact) mass is 302 g/mol. The maximum atomic E-state index is 11.3. The number of hydrogen-bond acceptors (Lipinski definition) is 2. The molecular formula is C10H11IN2O. The highest BCUT2D eigenvalue weighted by atomic mass is 127. The minimum absolute atomic E-state index is 0.0365. The Labute approximate surface area is 96.4 Å². The van der Waals surface area contributed by atoms with Crippen molar-refractivity contribution in [1.82, 2.24) is 10.6 Å². The number of benzene rings is 1. The van der Waals surface area contributed by atoms with Crippen LogP contribution in [0.5, 0.6) is 0 Å². The van der Waals surface area contributed by atoms with E-state index in [1.165, 1.54) is 0 Å². The van der Waals surface area contributed by atoms with Gasteiger partial charge >= 0.3 is 0 Å². The van der Waals surface area contributed by atoms with Crippen molar-refractivity contribution >= 4 is 28.5 Å². The second kappa shape index (κ2) is 3.86. The molecule has 1 aromatic rings. The Bertz CT molecular complexity index is 367.